The molecule has 0 radical (unpaired) electrons. The number of nitrogens with one attached hydrogen (secondary N) is 2. The molecule has 0 aliphatic carbocycles. The Morgan fingerprint density at radius 1 is 1.43 bits per heavy atom. The van der Waals surface area contributed by atoms with E-state index in [4.69, 9.17) is 9.84 Å². The molecule has 0 spiro atoms. The highest BCUT2D eigenvalue weighted by molar-refractivity contribution is 9.10. The number of benzene rings is 1. The molecule has 9 heteroatoms. The number of aliphatic carboxylic acids is 1. The van der Waals surface area contributed by atoms with Gasteiger partial charge in [0, 0.05) is 30.7 Å². The van der Waals surface area contributed by atoms with E-state index in [0.717, 1.165) is 6.07 Å². The van der Waals surface area contributed by atoms with Crippen molar-refractivity contribution in [2.45, 2.75) is 12.5 Å². The highest BCUT2D eigenvalue weighted by Gasteiger charge is 2.21. The summed E-state index contributed by atoms with van der Waals surface area (Å²) in [6, 6.07) is -0.546. The molecule has 0 heterocycles. The van der Waals surface area contributed by atoms with Gasteiger partial charge >= 0.3 is 12.0 Å². The van der Waals surface area contributed by atoms with E-state index in [1.165, 1.54) is 7.11 Å². The van der Waals surface area contributed by atoms with Gasteiger partial charge in [0.25, 0.3) is 0 Å². The Kier molecular flexibility index (Phi) is 6.50. The van der Waals surface area contributed by atoms with E-state index in [9.17, 15) is 18.4 Å². The van der Waals surface area contributed by atoms with Crippen LogP contribution in [0, 0.1) is 11.6 Å². The summed E-state index contributed by atoms with van der Waals surface area (Å²) in [5.41, 5.74) is -0.287. The summed E-state index contributed by atoms with van der Waals surface area (Å²) < 4.78 is 31.2. The van der Waals surface area contributed by atoms with E-state index in [0.29, 0.717) is 6.07 Å². The summed E-state index contributed by atoms with van der Waals surface area (Å²) >= 11 is 2.90. The molecular formula is C12H13BrF2N2O4. The van der Waals surface area contributed by atoms with E-state index in [2.05, 4.69) is 26.6 Å². The maximum atomic E-state index is 13.5. The molecule has 2 amide bonds. The smallest absolute Gasteiger partial charge is 0.326 e. The molecule has 0 aromatic heterocycles. The second-order valence-corrected chi connectivity index (χ2v) is 4.87. The van der Waals surface area contributed by atoms with E-state index in [-0.39, 0.29) is 23.2 Å². The Labute approximate surface area is 127 Å². The fourth-order valence-electron chi connectivity index (χ4n) is 1.46. The monoisotopic (exact) mass is 366 g/mol. The van der Waals surface area contributed by atoms with Crippen LogP contribution in [0.1, 0.15) is 6.42 Å². The van der Waals surface area contributed by atoms with E-state index in [1.807, 2.05) is 0 Å². The minimum atomic E-state index is -1.25. The first-order chi connectivity index (χ1) is 9.85. The van der Waals surface area contributed by atoms with Crippen molar-refractivity contribution in [2.24, 2.45) is 0 Å². The standard InChI is InChI=1S/C12H13BrF2N2O4/c1-21-3-2-9(11(18)19)16-12(20)17-10-7(13)4-6(14)5-8(10)15/h4-5,9H,2-3H2,1H3,(H,18,19)(H2,16,17,20). The summed E-state index contributed by atoms with van der Waals surface area (Å²) in [5.74, 6) is -3.05. The van der Waals surface area contributed by atoms with Gasteiger partial charge in [0.05, 0.1) is 5.69 Å². The molecule has 116 valence electrons. The summed E-state index contributed by atoms with van der Waals surface area (Å²) in [4.78, 5) is 22.6. The minimum absolute atomic E-state index is 0.00100. The number of hydrogen-bond donors (Lipinski definition) is 3. The first-order valence-electron chi connectivity index (χ1n) is 5.79. The van der Waals surface area contributed by atoms with Crippen LogP contribution < -0.4 is 10.6 Å². The molecule has 1 rings (SSSR count). The Hall–Kier alpha value is -1.74. The van der Waals surface area contributed by atoms with Crippen LogP contribution in [0.3, 0.4) is 0 Å². The number of carboxylic acids is 1. The highest BCUT2D eigenvalue weighted by atomic mass is 79.9. The molecule has 0 bridgehead atoms. The summed E-state index contributed by atoms with van der Waals surface area (Å²) in [7, 11) is 1.39. The largest absolute Gasteiger partial charge is 0.480 e. The van der Waals surface area contributed by atoms with Gasteiger partial charge in [0.15, 0.2) is 5.82 Å². The molecule has 0 aliphatic heterocycles. The number of halogens is 3. The van der Waals surface area contributed by atoms with Crippen molar-refractivity contribution >= 4 is 33.6 Å². The first kappa shape index (κ1) is 17.3. The van der Waals surface area contributed by atoms with E-state index >= 15 is 0 Å². The molecule has 6 nitrogen and oxygen atoms in total. The van der Waals surface area contributed by atoms with Crippen LogP contribution in [0.15, 0.2) is 16.6 Å². The van der Waals surface area contributed by atoms with Crippen LogP contribution in [0.2, 0.25) is 0 Å². The summed E-state index contributed by atoms with van der Waals surface area (Å²) in [6.45, 7) is 0.131. The van der Waals surface area contributed by atoms with Crippen molar-refractivity contribution in [2.75, 3.05) is 19.0 Å². The third kappa shape index (κ3) is 5.27. The number of methoxy groups -OCH3 is 1. The van der Waals surface area contributed by atoms with Crippen LogP contribution in [0.5, 0.6) is 0 Å². The molecule has 0 saturated carbocycles. The molecule has 1 aromatic carbocycles. The number of carboxylic acid groups (broad SMARTS) is 1. The number of amides is 2. The van der Waals surface area contributed by atoms with Crippen molar-refractivity contribution in [3.8, 4) is 0 Å². The van der Waals surface area contributed by atoms with E-state index in [1.54, 1.807) is 0 Å². The van der Waals surface area contributed by atoms with Gasteiger partial charge < -0.3 is 20.5 Å². The van der Waals surface area contributed by atoms with Crippen molar-refractivity contribution in [1.82, 2.24) is 5.32 Å². The van der Waals surface area contributed by atoms with Crippen molar-refractivity contribution in [3.63, 3.8) is 0 Å². The number of rotatable bonds is 6. The van der Waals surface area contributed by atoms with Gasteiger partial charge in [-0.3, -0.25) is 0 Å². The number of urea groups is 1. The lowest BCUT2D eigenvalue weighted by molar-refractivity contribution is -0.139. The Morgan fingerprint density at radius 2 is 2.10 bits per heavy atom. The summed E-state index contributed by atoms with van der Waals surface area (Å²) in [5, 5.41) is 13.2. The third-order valence-corrected chi connectivity index (χ3v) is 3.08. The lowest BCUT2D eigenvalue weighted by Gasteiger charge is -2.15. The third-order valence-electron chi connectivity index (χ3n) is 2.46. The van der Waals surface area contributed by atoms with Gasteiger partial charge in [0.1, 0.15) is 11.9 Å². The SMILES string of the molecule is COCCC(NC(=O)Nc1c(F)cc(F)cc1Br)C(=O)O. The lowest BCUT2D eigenvalue weighted by Crippen LogP contribution is -2.43. The molecule has 21 heavy (non-hydrogen) atoms. The summed E-state index contributed by atoms with van der Waals surface area (Å²) in [6.07, 6.45) is 0.0479. The van der Waals surface area contributed by atoms with Crippen molar-refractivity contribution in [3.05, 3.63) is 28.2 Å². The maximum absolute atomic E-state index is 13.5. The van der Waals surface area contributed by atoms with Gasteiger partial charge in [-0.25, -0.2) is 18.4 Å². The zero-order valence-electron chi connectivity index (χ0n) is 11.0. The number of hydrogen-bond acceptors (Lipinski definition) is 3. The molecule has 1 aromatic rings. The van der Waals surface area contributed by atoms with Crippen LogP contribution in [-0.2, 0) is 9.53 Å². The number of anilines is 1. The van der Waals surface area contributed by atoms with Crippen molar-refractivity contribution < 1.29 is 28.2 Å². The van der Waals surface area contributed by atoms with Crippen molar-refractivity contribution in [1.29, 1.82) is 0 Å². The topological polar surface area (TPSA) is 87.7 Å². The van der Waals surface area contributed by atoms with Gasteiger partial charge in [-0.05, 0) is 22.0 Å². The van der Waals surface area contributed by atoms with Gasteiger partial charge in [-0.2, -0.15) is 0 Å². The average molecular weight is 367 g/mol. The normalized spacial score (nSPS) is 11.8. The predicted octanol–water partition coefficient (Wildman–Crippen LogP) is 2.34. The lowest BCUT2D eigenvalue weighted by atomic mass is 10.2. The number of ether oxygens (including phenoxy) is 1. The minimum Gasteiger partial charge on any atom is -0.480 e. The molecule has 3 N–H and O–H groups in total. The van der Waals surface area contributed by atoms with Crippen LogP contribution in [0.4, 0.5) is 19.3 Å². The quantitative estimate of drug-likeness (QED) is 0.720. The van der Waals surface area contributed by atoms with Gasteiger partial charge in [-0.15, -0.1) is 0 Å². The molecule has 1 unspecified atom stereocenters. The number of carbonyl (C=O) groups excluding carboxylic acids is 1. The number of carbonyl (C=O) groups is 2. The second-order valence-electron chi connectivity index (χ2n) is 4.02. The Morgan fingerprint density at radius 3 is 2.62 bits per heavy atom. The van der Waals surface area contributed by atoms with Crippen LogP contribution >= 0.6 is 15.9 Å². The van der Waals surface area contributed by atoms with Crippen LogP contribution in [-0.4, -0.2) is 36.9 Å². The zero-order valence-corrected chi connectivity index (χ0v) is 12.5. The zero-order chi connectivity index (χ0) is 16.0. The Balaban J connectivity index is 2.74. The fourth-order valence-corrected chi connectivity index (χ4v) is 1.97. The first-order valence-corrected chi connectivity index (χ1v) is 6.58. The average Bonchev–Trinajstić information content (AvgIpc) is 2.38. The highest BCUT2D eigenvalue weighted by Crippen LogP contribution is 2.26. The molecule has 0 fully saturated rings. The molecular weight excluding hydrogens is 354 g/mol. The Bertz CT molecular complexity index is 519. The molecule has 0 aliphatic rings. The predicted molar refractivity (Wildman–Crippen MR) is 74.1 cm³/mol. The van der Waals surface area contributed by atoms with Gasteiger partial charge in [0.2, 0.25) is 0 Å². The van der Waals surface area contributed by atoms with E-state index < -0.39 is 29.7 Å². The molecule has 0 saturated heterocycles. The second kappa shape index (κ2) is 7.89. The van der Waals surface area contributed by atoms with Crippen LogP contribution in [0.25, 0.3) is 0 Å². The molecule has 1 atom stereocenters. The maximum Gasteiger partial charge on any atom is 0.326 e. The fraction of sp³-hybridized carbons (Fsp3) is 0.333. The van der Waals surface area contributed by atoms with Gasteiger partial charge in [-0.1, -0.05) is 0 Å².